The fraction of sp³-hybridized carbons (Fsp3) is 1.00. The van der Waals surface area contributed by atoms with Gasteiger partial charge in [0.1, 0.15) is 0 Å². The second-order valence-electron chi connectivity index (χ2n) is 4.84. The van der Waals surface area contributed by atoms with Crippen LogP contribution in [0.25, 0.3) is 0 Å². The van der Waals surface area contributed by atoms with Crippen molar-refractivity contribution in [1.29, 1.82) is 0 Å². The lowest BCUT2D eigenvalue weighted by Crippen LogP contribution is -2.51. The van der Waals surface area contributed by atoms with Gasteiger partial charge in [-0.3, -0.25) is 0 Å². The molecular formula is C11H21N. The molecule has 1 heteroatoms. The molecule has 4 atom stereocenters. The van der Waals surface area contributed by atoms with Gasteiger partial charge in [0.2, 0.25) is 0 Å². The third-order valence-corrected chi connectivity index (χ3v) is 3.80. The molecule has 70 valence electrons. The molecule has 0 unspecified atom stereocenters. The van der Waals surface area contributed by atoms with Gasteiger partial charge in [-0.15, -0.1) is 0 Å². The van der Waals surface area contributed by atoms with Crippen molar-refractivity contribution in [3.05, 3.63) is 0 Å². The van der Waals surface area contributed by atoms with Gasteiger partial charge in [-0.05, 0) is 44.4 Å². The van der Waals surface area contributed by atoms with Crippen LogP contribution in [0.2, 0.25) is 0 Å². The maximum Gasteiger partial charge on any atom is 0.0123 e. The normalized spacial score (nSPS) is 48.5. The molecule has 2 rings (SSSR count). The van der Waals surface area contributed by atoms with E-state index in [1.807, 2.05) is 0 Å². The summed E-state index contributed by atoms with van der Waals surface area (Å²) in [5.74, 6) is 1.93. The highest BCUT2D eigenvalue weighted by Gasteiger charge is 2.34. The Bertz CT molecular complexity index is 155. The minimum absolute atomic E-state index is 0.770. The summed E-state index contributed by atoms with van der Waals surface area (Å²) in [7, 11) is 0. The van der Waals surface area contributed by atoms with E-state index in [-0.39, 0.29) is 0 Å². The molecule has 0 radical (unpaired) electrons. The van der Waals surface area contributed by atoms with E-state index in [1.54, 1.807) is 0 Å². The minimum Gasteiger partial charge on any atom is -0.311 e. The number of hydrogen-bond donors (Lipinski definition) is 1. The van der Waals surface area contributed by atoms with Crippen molar-refractivity contribution in [2.24, 2.45) is 11.8 Å². The van der Waals surface area contributed by atoms with E-state index in [4.69, 9.17) is 0 Å². The summed E-state index contributed by atoms with van der Waals surface area (Å²) in [4.78, 5) is 0. The summed E-state index contributed by atoms with van der Waals surface area (Å²) in [6.45, 7) is 4.75. The topological polar surface area (TPSA) is 12.0 Å². The van der Waals surface area contributed by atoms with Gasteiger partial charge in [0.05, 0.1) is 0 Å². The number of hydrogen-bond acceptors (Lipinski definition) is 1. The van der Waals surface area contributed by atoms with E-state index >= 15 is 0 Å². The molecule has 1 saturated carbocycles. The summed E-state index contributed by atoms with van der Waals surface area (Å²) in [6, 6.07) is 1.62. The lowest BCUT2D eigenvalue weighted by molar-refractivity contribution is 0.134. The first-order chi connectivity index (χ1) is 5.77. The first kappa shape index (κ1) is 8.55. The molecule has 0 aromatic carbocycles. The van der Waals surface area contributed by atoms with Crippen molar-refractivity contribution in [2.75, 3.05) is 0 Å². The molecule has 1 saturated heterocycles. The Hall–Kier alpha value is -0.0400. The molecule has 1 N–H and O–H groups in total. The lowest BCUT2D eigenvalue weighted by atomic mass is 9.73. The predicted molar refractivity (Wildman–Crippen MR) is 52.1 cm³/mol. The Kier molecular flexibility index (Phi) is 2.40. The molecule has 1 aliphatic carbocycles. The molecule has 2 fully saturated rings. The maximum atomic E-state index is 3.77. The zero-order valence-corrected chi connectivity index (χ0v) is 8.34. The summed E-state index contributed by atoms with van der Waals surface area (Å²) in [5.41, 5.74) is 0. The lowest BCUT2D eigenvalue weighted by Gasteiger charge is -2.43. The van der Waals surface area contributed by atoms with E-state index < -0.39 is 0 Å². The second-order valence-corrected chi connectivity index (χ2v) is 4.84. The van der Waals surface area contributed by atoms with E-state index in [0.29, 0.717) is 0 Å². The van der Waals surface area contributed by atoms with Crippen molar-refractivity contribution in [3.63, 3.8) is 0 Å². The van der Waals surface area contributed by atoms with Crippen molar-refractivity contribution in [3.8, 4) is 0 Å². The second kappa shape index (κ2) is 3.37. The molecule has 0 aromatic rings. The van der Waals surface area contributed by atoms with E-state index in [9.17, 15) is 0 Å². The molecule has 12 heavy (non-hydrogen) atoms. The highest BCUT2D eigenvalue weighted by molar-refractivity contribution is 4.90. The molecule has 0 spiro atoms. The molecule has 0 amide bonds. The average molecular weight is 167 g/mol. The van der Waals surface area contributed by atoms with Crippen LogP contribution in [0, 0.1) is 11.8 Å². The summed E-state index contributed by atoms with van der Waals surface area (Å²) < 4.78 is 0. The summed E-state index contributed by atoms with van der Waals surface area (Å²) >= 11 is 0. The maximum absolute atomic E-state index is 3.77. The van der Waals surface area contributed by atoms with Crippen LogP contribution < -0.4 is 5.32 Å². The largest absolute Gasteiger partial charge is 0.311 e. The minimum atomic E-state index is 0.770. The molecule has 0 aromatic heterocycles. The average Bonchev–Trinajstić information content (AvgIpc) is 2.07. The number of piperidine rings is 1. The fourth-order valence-electron chi connectivity index (χ4n) is 3.03. The van der Waals surface area contributed by atoms with Gasteiger partial charge in [0, 0.05) is 12.1 Å². The van der Waals surface area contributed by atoms with Crippen molar-refractivity contribution >= 4 is 0 Å². The third kappa shape index (κ3) is 1.52. The van der Waals surface area contributed by atoms with Crippen LogP contribution in [0.3, 0.4) is 0 Å². The molecule has 0 bridgehead atoms. The van der Waals surface area contributed by atoms with E-state index in [1.165, 1.54) is 32.1 Å². The van der Waals surface area contributed by atoms with Crippen molar-refractivity contribution < 1.29 is 0 Å². The van der Waals surface area contributed by atoms with Crippen LogP contribution in [0.5, 0.6) is 0 Å². The predicted octanol–water partition coefficient (Wildman–Crippen LogP) is 2.56. The van der Waals surface area contributed by atoms with Gasteiger partial charge < -0.3 is 5.32 Å². The van der Waals surface area contributed by atoms with E-state index in [2.05, 4.69) is 19.2 Å². The zero-order chi connectivity index (χ0) is 8.55. The van der Waals surface area contributed by atoms with Crippen LogP contribution in [-0.4, -0.2) is 12.1 Å². The van der Waals surface area contributed by atoms with E-state index in [0.717, 1.165) is 23.9 Å². The molecule has 1 nitrogen and oxygen atoms in total. The zero-order valence-electron chi connectivity index (χ0n) is 8.34. The Labute approximate surface area is 75.9 Å². The molecule has 1 aliphatic heterocycles. The van der Waals surface area contributed by atoms with Crippen LogP contribution in [0.1, 0.15) is 46.0 Å². The highest BCUT2D eigenvalue weighted by Crippen LogP contribution is 2.35. The van der Waals surface area contributed by atoms with Gasteiger partial charge in [-0.1, -0.05) is 13.3 Å². The molecule has 1 heterocycles. The van der Waals surface area contributed by atoms with Gasteiger partial charge in [0.15, 0.2) is 0 Å². The third-order valence-electron chi connectivity index (χ3n) is 3.80. The van der Waals surface area contributed by atoms with Gasteiger partial charge >= 0.3 is 0 Å². The fourth-order valence-corrected chi connectivity index (χ4v) is 3.03. The quantitative estimate of drug-likeness (QED) is 0.584. The van der Waals surface area contributed by atoms with Crippen LogP contribution in [-0.2, 0) is 0 Å². The van der Waals surface area contributed by atoms with Gasteiger partial charge in [0.25, 0.3) is 0 Å². The summed E-state index contributed by atoms with van der Waals surface area (Å²) in [6.07, 6.45) is 7.27. The monoisotopic (exact) mass is 167 g/mol. The Morgan fingerprint density at radius 3 is 2.67 bits per heavy atom. The number of fused-ring (bicyclic) bond motifs is 1. The SMILES string of the molecule is C[C@H]1CC[C@H]2CCC[C@H](C)[C@@H]2N1. The van der Waals surface area contributed by atoms with Crippen molar-refractivity contribution in [1.82, 2.24) is 5.32 Å². The highest BCUT2D eigenvalue weighted by atomic mass is 15.0. The van der Waals surface area contributed by atoms with Crippen molar-refractivity contribution in [2.45, 2.75) is 58.0 Å². The first-order valence-electron chi connectivity index (χ1n) is 5.53. The van der Waals surface area contributed by atoms with Gasteiger partial charge in [-0.25, -0.2) is 0 Å². The Balaban J connectivity index is 2.00. The van der Waals surface area contributed by atoms with Crippen LogP contribution >= 0.6 is 0 Å². The number of rotatable bonds is 0. The molecule has 2 aliphatic rings. The number of nitrogens with one attached hydrogen (secondary N) is 1. The van der Waals surface area contributed by atoms with Crippen LogP contribution in [0.15, 0.2) is 0 Å². The van der Waals surface area contributed by atoms with Gasteiger partial charge in [-0.2, -0.15) is 0 Å². The Morgan fingerprint density at radius 2 is 1.83 bits per heavy atom. The first-order valence-corrected chi connectivity index (χ1v) is 5.53. The standard InChI is InChI=1S/C11H21N/c1-8-4-3-5-10-7-6-9(2)12-11(8)10/h8-12H,3-7H2,1-2H3/t8-,9-,10+,11-/m0/s1. The summed E-state index contributed by atoms with van der Waals surface area (Å²) in [5, 5.41) is 3.77. The smallest absolute Gasteiger partial charge is 0.0123 e. The molecular weight excluding hydrogens is 146 g/mol. The van der Waals surface area contributed by atoms with Crippen LogP contribution in [0.4, 0.5) is 0 Å². The Morgan fingerprint density at radius 1 is 1.00 bits per heavy atom.